The van der Waals surface area contributed by atoms with Gasteiger partial charge in [-0.05, 0) is 52.3 Å². The number of rotatable bonds is 4. The molecular weight excluding hydrogens is 259 g/mol. The van der Waals surface area contributed by atoms with Crippen molar-refractivity contribution in [2.75, 3.05) is 0 Å². The summed E-state index contributed by atoms with van der Waals surface area (Å²) in [4.78, 5) is 12.0. The van der Waals surface area contributed by atoms with Crippen LogP contribution in [0.3, 0.4) is 0 Å². The van der Waals surface area contributed by atoms with Crippen LogP contribution < -0.4 is 0 Å². The minimum atomic E-state index is -1.30. The van der Waals surface area contributed by atoms with Gasteiger partial charge in [0.15, 0.2) is 0 Å². The van der Waals surface area contributed by atoms with Crippen LogP contribution in [0.4, 0.5) is 4.39 Å². The molecule has 0 aliphatic rings. The number of benzene rings is 1. The minimum absolute atomic E-state index is 0.186. The fourth-order valence-electron chi connectivity index (χ4n) is 1.86. The highest BCUT2D eigenvalue weighted by molar-refractivity contribution is 5.73. The van der Waals surface area contributed by atoms with Gasteiger partial charge in [-0.25, -0.2) is 4.39 Å². The molecule has 0 heterocycles. The predicted octanol–water partition coefficient (Wildman–Crippen LogP) is 3.10. The molecule has 1 aromatic rings. The smallest absolute Gasteiger partial charge is 0.312 e. The van der Waals surface area contributed by atoms with E-state index in [2.05, 4.69) is 0 Å². The van der Waals surface area contributed by atoms with Crippen LogP contribution in [0, 0.1) is 11.7 Å². The third-order valence-corrected chi connectivity index (χ3v) is 3.14. The van der Waals surface area contributed by atoms with Crippen LogP contribution in [0.1, 0.15) is 40.2 Å². The summed E-state index contributed by atoms with van der Waals surface area (Å²) in [6, 6.07) is 6.00. The van der Waals surface area contributed by atoms with Gasteiger partial charge in [-0.15, -0.1) is 0 Å². The molecule has 0 aromatic heterocycles. The molecular formula is C16H23FO3. The van der Waals surface area contributed by atoms with Gasteiger partial charge in [0.1, 0.15) is 11.4 Å². The molecule has 2 atom stereocenters. The van der Waals surface area contributed by atoms with Gasteiger partial charge < -0.3 is 9.84 Å². The van der Waals surface area contributed by atoms with Gasteiger partial charge in [0.05, 0.1) is 11.5 Å². The number of carbonyl (C=O) groups excluding carboxylic acids is 1. The Balaban J connectivity index is 2.79. The fraction of sp³-hybridized carbons (Fsp3) is 0.562. The summed E-state index contributed by atoms with van der Waals surface area (Å²) in [5, 5.41) is 10.5. The lowest BCUT2D eigenvalue weighted by Gasteiger charge is -2.31. The first-order chi connectivity index (χ1) is 9.01. The average molecular weight is 282 g/mol. The van der Waals surface area contributed by atoms with Crippen LogP contribution in [-0.4, -0.2) is 22.3 Å². The lowest BCUT2D eigenvalue weighted by atomic mass is 9.85. The summed E-state index contributed by atoms with van der Waals surface area (Å²) in [6.07, 6.45) is 0.186. The standard InChI is InChI=1S/C16H23FO3/c1-11(14(18)20-15(2,3)4)16(5,19)10-12-7-6-8-13(17)9-12/h6-9,11,19H,10H2,1-5H3. The van der Waals surface area contributed by atoms with Crippen molar-refractivity contribution in [3.05, 3.63) is 35.6 Å². The van der Waals surface area contributed by atoms with Crippen LogP contribution in [0.2, 0.25) is 0 Å². The van der Waals surface area contributed by atoms with Crippen molar-refractivity contribution in [2.24, 2.45) is 5.92 Å². The first-order valence-electron chi connectivity index (χ1n) is 6.71. The van der Waals surface area contributed by atoms with Gasteiger partial charge in [-0.2, -0.15) is 0 Å². The highest BCUT2D eigenvalue weighted by Crippen LogP contribution is 2.25. The Labute approximate surface area is 119 Å². The molecule has 1 rings (SSSR count). The Hall–Kier alpha value is -1.42. The first-order valence-corrected chi connectivity index (χ1v) is 6.71. The van der Waals surface area contributed by atoms with E-state index in [1.165, 1.54) is 12.1 Å². The van der Waals surface area contributed by atoms with E-state index in [1.54, 1.807) is 46.8 Å². The number of esters is 1. The third-order valence-electron chi connectivity index (χ3n) is 3.14. The zero-order valence-electron chi connectivity index (χ0n) is 12.7. The lowest BCUT2D eigenvalue weighted by Crippen LogP contribution is -2.42. The summed E-state index contributed by atoms with van der Waals surface area (Å²) in [5.41, 5.74) is -1.25. The summed E-state index contributed by atoms with van der Waals surface area (Å²) in [6.45, 7) is 8.51. The van der Waals surface area contributed by atoms with Crippen LogP contribution in [0.15, 0.2) is 24.3 Å². The highest BCUT2D eigenvalue weighted by atomic mass is 19.1. The largest absolute Gasteiger partial charge is 0.460 e. The van der Waals surface area contributed by atoms with E-state index in [-0.39, 0.29) is 12.2 Å². The molecule has 0 aliphatic carbocycles. The van der Waals surface area contributed by atoms with Crippen LogP contribution >= 0.6 is 0 Å². The molecule has 20 heavy (non-hydrogen) atoms. The molecule has 0 amide bonds. The highest BCUT2D eigenvalue weighted by Gasteiger charge is 2.36. The van der Waals surface area contributed by atoms with Gasteiger partial charge in [-0.1, -0.05) is 12.1 Å². The summed E-state index contributed by atoms with van der Waals surface area (Å²) in [7, 11) is 0. The van der Waals surface area contributed by atoms with E-state index >= 15 is 0 Å². The maximum Gasteiger partial charge on any atom is 0.312 e. The molecule has 0 saturated heterocycles. The van der Waals surface area contributed by atoms with Crippen LogP contribution in [0.5, 0.6) is 0 Å². The van der Waals surface area contributed by atoms with Crippen molar-refractivity contribution in [3.63, 3.8) is 0 Å². The molecule has 2 unspecified atom stereocenters. The molecule has 1 aromatic carbocycles. The van der Waals surface area contributed by atoms with E-state index in [4.69, 9.17) is 4.74 Å². The predicted molar refractivity (Wildman–Crippen MR) is 75.7 cm³/mol. The number of carbonyl (C=O) groups is 1. The summed E-state index contributed by atoms with van der Waals surface area (Å²) < 4.78 is 18.4. The van der Waals surface area contributed by atoms with Gasteiger partial charge in [0.2, 0.25) is 0 Å². The van der Waals surface area contributed by atoms with Crippen molar-refractivity contribution in [2.45, 2.75) is 52.2 Å². The number of hydrogen-bond acceptors (Lipinski definition) is 3. The maximum atomic E-state index is 13.2. The molecule has 112 valence electrons. The molecule has 0 fully saturated rings. The molecule has 0 bridgehead atoms. The maximum absolute atomic E-state index is 13.2. The van der Waals surface area contributed by atoms with Gasteiger partial charge in [0, 0.05) is 6.42 Å². The molecule has 0 saturated carbocycles. The molecule has 1 N–H and O–H groups in total. The van der Waals surface area contributed by atoms with Gasteiger partial charge in [0.25, 0.3) is 0 Å². The average Bonchev–Trinajstić information content (AvgIpc) is 2.24. The second-order valence-electron chi connectivity index (χ2n) is 6.42. The van der Waals surface area contributed by atoms with Crippen molar-refractivity contribution in [1.29, 1.82) is 0 Å². The summed E-state index contributed by atoms with van der Waals surface area (Å²) in [5.74, 6) is -1.52. The Kier molecular flexibility index (Phi) is 4.92. The molecule has 0 aliphatic heterocycles. The normalized spacial score (nSPS) is 16.4. The Morgan fingerprint density at radius 3 is 2.45 bits per heavy atom. The number of hydrogen-bond donors (Lipinski definition) is 1. The zero-order valence-corrected chi connectivity index (χ0v) is 12.7. The fourth-order valence-corrected chi connectivity index (χ4v) is 1.86. The second-order valence-corrected chi connectivity index (χ2v) is 6.42. The first kappa shape index (κ1) is 16.6. The molecule has 4 heteroatoms. The zero-order chi connectivity index (χ0) is 15.6. The van der Waals surface area contributed by atoms with Crippen LogP contribution in [-0.2, 0) is 16.0 Å². The van der Waals surface area contributed by atoms with E-state index < -0.39 is 23.1 Å². The lowest BCUT2D eigenvalue weighted by molar-refractivity contribution is -0.167. The van der Waals surface area contributed by atoms with E-state index in [0.29, 0.717) is 5.56 Å². The van der Waals surface area contributed by atoms with E-state index in [0.717, 1.165) is 0 Å². The van der Waals surface area contributed by atoms with E-state index in [1.807, 2.05) is 0 Å². The monoisotopic (exact) mass is 282 g/mol. The summed E-state index contributed by atoms with van der Waals surface area (Å²) >= 11 is 0. The molecule has 3 nitrogen and oxygen atoms in total. The Morgan fingerprint density at radius 2 is 1.95 bits per heavy atom. The van der Waals surface area contributed by atoms with Crippen molar-refractivity contribution in [1.82, 2.24) is 0 Å². The van der Waals surface area contributed by atoms with Gasteiger partial charge in [-0.3, -0.25) is 4.79 Å². The SMILES string of the molecule is CC(C(=O)OC(C)(C)C)C(C)(O)Cc1cccc(F)c1. The topological polar surface area (TPSA) is 46.5 Å². The van der Waals surface area contributed by atoms with Crippen molar-refractivity contribution < 1.29 is 19.0 Å². The molecule has 0 spiro atoms. The second kappa shape index (κ2) is 5.92. The third kappa shape index (κ3) is 4.93. The van der Waals surface area contributed by atoms with Crippen molar-refractivity contribution in [3.8, 4) is 0 Å². The quantitative estimate of drug-likeness (QED) is 0.863. The molecule has 0 radical (unpaired) electrons. The number of aliphatic hydroxyl groups is 1. The van der Waals surface area contributed by atoms with E-state index in [9.17, 15) is 14.3 Å². The Morgan fingerprint density at radius 1 is 1.35 bits per heavy atom. The minimum Gasteiger partial charge on any atom is -0.460 e. The van der Waals surface area contributed by atoms with Gasteiger partial charge >= 0.3 is 5.97 Å². The Bertz CT molecular complexity index is 475. The number of halogens is 1. The van der Waals surface area contributed by atoms with Crippen LogP contribution in [0.25, 0.3) is 0 Å². The number of ether oxygens (including phenoxy) is 1. The van der Waals surface area contributed by atoms with Crippen molar-refractivity contribution >= 4 is 5.97 Å².